The Morgan fingerprint density at radius 2 is 1.50 bits per heavy atom. The molecular weight excluding hydrogens is 362 g/mol. The van der Waals surface area contributed by atoms with Crippen molar-refractivity contribution in [3.63, 3.8) is 0 Å². The first kappa shape index (κ1) is 19.2. The first-order valence-corrected chi connectivity index (χ1v) is 8.67. The fraction of sp³-hybridized carbons (Fsp3) is 0.429. The largest absolute Gasteiger partial charge is 1.00 e. The highest BCUT2D eigenvalue weighted by Crippen LogP contribution is 2.28. The second-order valence-electron chi connectivity index (χ2n) is 7.38. The summed E-state index contributed by atoms with van der Waals surface area (Å²) in [5.41, 5.74) is 2.48. The summed E-state index contributed by atoms with van der Waals surface area (Å²) < 4.78 is 7.56. The number of rotatable bonds is 5. The van der Waals surface area contributed by atoms with E-state index in [2.05, 4.69) is 74.8 Å². The summed E-state index contributed by atoms with van der Waals surface area (Å²) >= 11 is 0. The minimum absolute atomic E-state index is 0. The van der Waals surface area contributed by atoms with E-state index in [0.717, 1.165) is 11.1 Å². The van der Waals surface area contributed by atoms with Crippen LogP contribution in [0.5, 0.6) is 0 Å². The lowest BCUT2D eigenvalue weighted by Gasteiger charge is -2.38. The van der Waals surface area contributed by atoms with Crippen molar-refractivity contribution < 1.29 is 26.2 Å². The second kappa shape index (κ2) is 8.80. The summed E-state index contributed by atoms with van der Waals surface area (Å²) in [6, 6.07) is 21.2. The fourth-order valence-electron chi connectivity index (χ4n) is 3.70. The molecule has 2 nitrogen and oxygen atoms in total. The Morgan fingerprint density at radius 3 is 2.00 bits per heavy atom. The van der Waals surface area contributed by atoms with E-state index < -0.39 is 0 Å². The van der Waals surface area contributed by atoms with Crippen LogP contribution in [0.25, 0.3) is 0 Å². The van der Waals surface area contributed by atoms with Gasteiger partial charge in [-0.25, -0.2) is 0 Å². The molecule has 0 N–H and O–H groups in total. The van der Waals surface area contributed by atoms with E-state index in [4.69, 9.17) is 4.74 Å². The number of likely N-dealkylation sites (tertiary alicyclic amines) is 1. The van der Waals surface area contributed by atoms with Gasteiger partial charge in [0.05, 0.1) is 33.8 Å². The Labute approximate surface area is 156 Å². The summed E-state index contributed by atoms with van der Waals surface area (Å²) in [5, 5.41) is 0. The molecular formula is C21H28BrNO. The molecule has 3 rings (SSSR count). The molecule has 1 aliphatic rings. The fourth-order valence-corrected chi connectivity index (χ4v) is 3.70. The van der Waals surface area contributed by atoms with Gasteiger partial charge in [-0.05, 0) is 24.0 Å². The quantitative estimate of drug-likeness (QED) is 0.700. The molecule has 24 heavy (non-hydrogen) atoms. The van der Waals surface area contributed by atoms with E-state index in [-0.39, 0.29) is 23.1 Å². The molecule has 1 unspecified atom stereocenters. The molecule has 1 atom stereocenters. The topological polar surface area (TPSA) is 9.23 Å². The van der Waals surface area contributed by atoms with E-state index in [0.29, 0.717) is 5.92 Å². The minimum Gasteiger partial charge on any atom is -1.00 e. The Morgan fingerprint density at radius 1 is 0.958 bits per heavy atom. The predicted molar refractivity (Wildman–Crippen MR) is 95.2 cm³/mol. The highest BCUT2D eigenvalue weighted by Gasteiger charge is 2.28. The Bertz CT molecular complexity index is 560. The summed E-state index contributed by atoms with van der Waals surface area (Å²) in [7, 11) is 4.66. The van der Waals surface area contributed by atoms with Crippen molar-refractivity contribution in [2.45, 2.75) is 18.9 Å². The van der Waals surface area contributed by atoms with Gasteiger partial charge in [-0.15, -0.1) is 0 Å². The third-order valence-corrected chi connectivity index (χ3v) is 4.83. The van der Waals surface area contributed by atoms with Crippen LogP contribution in [0.1, 0.15) is 30.1 Å². The van der Waals surface area contributed by atoms with E-state index >= 15 is 0 Å². The standard InChI is InChI=1S/C21H28NO.BrH/c1-22(2)15-9-10-18(16-22)17-23-21(19-11-5-3-6-12-19)20-13-7-4-8-14-20;/h3-8,11-14,18,21H,9-10,15-17H2,1-2H3;1H/q+1;/p-1. The van der Waals surface area contributed by atoms with Crippen LogP contribution in [0.2, 0.25) is 0 Å². The lowest BCUT2D eigenvalue weighted by molar-refractivity contribution is -0.898. The number of benzene rings is 2. The monoisotopic (exact) mass is 389 g/mol. The molecule has 0 bridgehead atoms. The molecule has 3 heteroatoms. The Hall–Kier alpha value is -1.16. The zero-order valence-corrected chi connectivity index (χ0v) is 16.3. The molecule has 1 heterocycles. The zero-order chi connectivity index (χ0) is 16.1. The molecule has 0 amide bonds. The third-order valence-electron chi connectivity index (χ3n) is 4.83. The molecule has 1 fully saturated rings. The van der Waals surface area contributed by atoms with Gasteiger partial charge >= 0.3 is 0 Å². The summed E-state index contributed by atoms with van der Waals surface area (Å²) in [6.07, 6.45) is 2.63. The van der Waals surface area contributed by atoms with Gasteiger partial charge in [0.25, 0.3) is 0 Å². The van der Waals surface area contributed by atoms with Crippen molar-refractivity contribution in [1.29, 1.82) is 0 Å². The molecule has 2 aromatic carbocycles. The molecule has 130 valence electrons. The van der Waals surface area contributed by atoms with Crippen molar-refractivity contribution in [1.82, 2.24) is 0 Å². The number of nitrogens with zero attached hydrogens (tertiary/aromatic N) is 1. The number of hydrogen-bond donors (Lipinski definition) is 0. The van der Waals surface area contributed by atoms with Crippen LogP contribution < -0.4 is 17.0 Å². The average Bonchev–Trinajstić information content (AvgIpc) is 2.56. The lowest BCUT2D eigenvalue weighted by Crippen LogP contribution is -3.00. The molecule has 0 aliphatic carbocycles. The van der Waals surface area contributed by atoms with Crippen molar-refractivity contribution in [2.24, 2.45) is 5.92 Å². The summed E-state index contributed by atoms with van der Waals surface area (Å²) in [4.78, 5) is 0. The normalized spacial score (nSPS) is 19.7. The van der Waals surface area contributed by atoms with Gasteiger partial charge < -0.3 is 26.2 Å². The maximum atomic E-state index is 6.44. The first-order valence-electron chi connectivity index (χ1n) is 8.67. The van der Waals surface area contributed by atoms with Crippen LogP contribution in [0, 0.1) is 5.92 Å². The van der Waals surface area contributed by atoms with Gasteiger partial charge in [0.15, 0.2) is 0 Å². The van der Waals surface area contributed by atoms with Gasteiger partial charge in [-0.2, -0.15) is 0 Å². The minimum atomic E-state index is 0. The van der Waals surface area contributed by atoms with Crippen LogP contribution in [0.3, 0.4) is 0 Å². The highest BCUT2D eigenvalue weighted by molar-refractivity contribution is 5.29. The van der Waals surface area contributed by atoms with Crippen molar-refractivity contribution >= 4 is 0 Å². The lowest BCUT2D eigenvalue weighted by atomic mass is 9.97. The van der Waals surface area contributed by atoms with E-state index in [1.807, 2.05) is 0 Å². The van der Waals surface area contributed by atoms with Crippen LogP contribution >= 0.6 is 0 Å². The van der Waals surface area contributed by atoms with Crippen molar-refractivity contribution in [3.05, 3.63) is 71.8 Å². The number of quaternary nitrogens is 1. The summed E-state index contributed by atoms with van der Waals surface area (Å²) in [5.74, 6) is 0.661. The number of piperidine rings is 1. The smallest absolute Gasteiger partial charge is 0.108 e. The maximum Gasteiger partial charge on any atom is 0.108 e. The second-order valence-corrected chi connectivity index (χ2v) is 7.38. The van der Waals surface area contributed by atoms with Gasteiger partial charge in [0.2, 0.25) is 0 Å². The molecule has 1 aliphatic heterocycles. The van der Waals surface area contributed by atoms with E-state index in [1.54, 1.807) is 0 Å². The van der Waals surface area contributed by atoms with Crippen LogP contribution in [0.15, 0.2) is 60.7 Å². The molecule has 1 saturated heterocycles. The molecule has 0 saturated carbocycles. The highest BCUT2D eigenvalue weighted by atomic mass is 79.9. The Kier molecular flexibility index (Phi) is 7.02. The number of ether oxygens (including phenoxy) is 1. The zero-order valence-electron chi connectivity index (χ0n) is 14.7. The van der Waals surface area contributed by atoms with Crippen molar-refractivity contribution in [2.75, 3.05) is 33.8 Å². The molecule has 2 aromatic rings. The number of hydrogen-bond acceptors (Lipinski definition) is 1. The third kappa shape index (κ3) is 5.17. The summed E-state index contributed by atoms with van der Waals surface area (Å²) in [6.45, 7) is 3.35. The molecule has 0 aromatic heterocycles. The molecule has 0 spiro atoms. The number of halogens is 1. The van der Waals surface area contributed by atoms with E-state index in [1.165, 1.54) is 37.1 Å². The van der Waals surface area contributed by atoms with Gasteiger partial charge in [0, 0.05) is 5.92 Å². The first-order chi connectivity index (χ1) is 11.1. The maximum absolute atomic E-state index is 6.44. The predicted octanol–water partition coefficient (Wildman–Crippen LogP) is 1.28. The van der Waals surface area contributed by atoms with E-state index in [9.17, 15) is 0 Å². The molecule has 0 radical (unpaired) electrons. The van der Waals surface area contributed by atoms with Gasteiger partial charge in [0.1, 0.15) is 6.10 Å². The van der Waals surface area contributed by atoms with Crippen molar-refractivity contribution in [3.8, 4) is 0 Å². The van der Waals surface area contributed by atoms with Crippen LogP contribution in [-0.4, -0.2) is 38.3 Å². The van der Waals surface area contributed by atoms with Gasteiger partial charge in [-0.1, -0.05) is 60.7 Å². The SMILES string of the molecule is C[N+]1(C)CCCC(COC(c2ccccc2)c2ccccc2)C1.[Br-]. The van der Waals surface area contributed by atoms with Crippen LogP contribution in [-0.2, 0) is 4.74 Å². The van der Waals surface area contributed by atoms with Gasteiger partial charge in [-0.3, -0.25) is 0 Å². The average molecular weight is 390 g/mol. The van der Waals surface area contributed by atoms with Crippen LogP contribution in [0.4, 0.5) is 0 Å². The Balaban J connectivity index is 0.00000208.